The normalized spacial score (nSPS) is 17.5. The first-order chi connectivity index (χ1) is 9.22. The highest BCUT2D eigenvalue weighted by Crippen LogP contribution is 2.19. The van der Waals surface area contributed by atoms with E-state index < -0.39 is 6.10 Å². The third-order valence-electron chi connectivity index (χ3n) is 3.19. The Morgan fingerprint density at radius 2 is 2.05 bits per heavy atom. The van der Waals surface area contributed by atoms with Crippen molar-refractivity contribution in [3.05, 3.63) is 35.9 Å². The molecule has 1 fully saturated rings. The maximum Gasteiger partial charge on any atom is 0.256 e. The van der Waals surface area contributed by atoms with Gasteiger partial charge in [0.25, 0.3) is 5.91 Å². The van der Waals surface area contributed by atoms with Gasteiger partial charge in [0.15, 0.2) is 6.10 Å². The summed E-state index contributed by atoms with van der Waals surface area (Å²) in [5.41, 5.74) is 0.832. The molecule has 5 nitrogen and oxygen atoms in total. The molecule has 0 bridgehead atoms. The SMILES string of the molecule is COC(C(=O)N1CCNC(=O)CC1)c1ccccc1. The number of nitrogens with zero attached hydrogens (tertiary/aromatic N) is 1. The fourth-order valence-electron chi connectivity index (χ4n) is 2.16. The first kappa shape index (κ1) is 13.5. The van der Waals surface area contributed by atoms with Crippen LogP contribution in [0.4, 0.5) is 0 Å². The molecular weight excluding hydrogens is 244 g/mol. The maximum atomic E-state index is 12.5. The Morgan fingerprint density at radius 1 is 1.32 bits per heavy atom. The van der Waals surface area contributed by atoms with E-state index in [4.69, 9.17) is 4.74 Å². The molecule has 1 aliphatic rings. The standard InChI is InChI=1S/C14H18N2O3/c1-19-13(11-5-3-2-4-6-11)14(18)16-9-7-12(17)15-8-10-16/h2-6,13H,7-10H2,1H3,(H,15,17). The minimum absolute atomic E-state index is 0.0102. The Hall–Kier alpha value is -1.88. The molecule has 1 saturated heterocycles. The number of carbonyl (C=O) groups excluding carboxylic acids is 2. The van der Waals surface area contributed by atoms with E-state index in [2.05, 4.69) is 5.32 Å². The van der Waals surface area contributed by atoms with Crippen molar-refractivity contribution in [1.82, 2.24) is 10.2 Å². The Labute approximate surface area is 112 Å². The summed E-state index contributed by atoms with van der Waals surface area (Å²) in [4.78, 5) is 25.4. The van der Waals surface area contributed by atoms with Crippen molar-refractivity contribution < 1.29 is 14.3 Å². The van der Waals surface area contributed by atoms with Crippen LogP contribution in [0.2, 0.25) is 0 Å². The molecule has 5 heteroatoms. The van der Waals surface area contributed by atoms with Crippen LogP contribution in [-0.2, 0) is 14.3 Å². The number of nitrogens with one attached hydrogen (secondary N) is 1. The first-order valence-corrected chi connectivity index (χ1v) is 6.35. The Bertz CT molecular complexity index is 447. The molecule has 2 rings (SSSR count). The number of rotatable bonds is 3. The van der Waals surface area contributed by atoms with Crippen LogP contribution in [0, 0.1) is 0 Å². The summed E-state index contributed by atoms with van der Waals surface area (Å²) in [6, 6.07) is 9.39. The van der Waals surface area contributed by atoms with E-state index in [1.807, 2.05) is 30.3 Å². The highest BCUT2D eigenvalue weighted by molar-refractivity contribution is 5.84. The fourth-order valence-corrected chi connectivity index (χ4v) is 2.16. The molecule has 0 saturated carbocycles. The summed E-state index contributed by atoms with van der Waals surface area (Å²) in [6.07, 6.45) is -0.258. The van der Waals surface area contributed by atoms with E-state index in [1.54, 1.807) is 4.90 Å². The number of methoxy groups -OCH3 is 1. The summed E-state index contributed by atoms with van der Waals surface area (Å²) >= 11 is 0. The van der Waals surface area contributed by atoms with Crippen LogP contribution in [0.5, 0.6) is 0 Å². The van der Waals surface area contributed by atoms with Crippen molar-refractivity contribution in [3.8, 4) is 0 Å². The highest BCUT2D eigenvalue weighted by atomic mass is 16.5. The molecule has 1 heterocycles. The zero-order valence-corrected chi connectivity index (χ0v) is 11.0. The van der Waals surface area contributed by atoms with Crippen molar-refractivity contribution in [2.75, 3.05) is 26.7 Å². The van der Waals surface area contributed by atoms with Crippen molar-refractivity contribution in [2.24, 2.45) is 0 Å². The summed E-state index contributed by atoms with van der Waals surface area (Å²) in [6.45, 7) is 1.46. The zero-order valence-electron chi connectivity index (χ0n) is 11.0. The quantitative estimate of drug-likeness (QED) is 0.873. The van der Waals surface area contributed by atoms with Crippen molar-refractivity contribution in [2.45, 2.75) is 12.5 Å². The van der Waals surface area contributed by atoms with E-state index in [0.717, 1.165) is 5.56 Å². The monoisotopic (exact) mass is 262 g/mol. The van der Waals surface area contributed by atoms with Gasteiger partial charge in [0, 0.05) is 33.2 Å². The molecule has 1 aromatic carbocycles. The predicted octanol–water partition coefficient (Wildman–Crippen LogP) is 0.723. The van der Waals surface area contributed by atoms with Gasteiger partial charge in [-0.2, -0.15) is 0 Å². The molecule has 1 aliphatic heterocycles. The number of hydrogen-bond donors (Lipinski definition) is 1. The predicted molar refractivity (Wildman–Crippen MR) is 70.4 cm³/mol. The molecule has 1 unspecified atom stereocenters. The third kappa shape index (κ3) is 3.32. The molecule has 1 atom stereocenters. The Kier molecular flexibility index (Phi) is 4.52. The van der Waals surface area contributed by atoms with Crippen LogP contribution < -0.4 is 5.32 Å². The summed E-state index contributed by atoms with van der Waals surface area (Å²) in [7, 11) is 1.52. The molecule has 0 spiro atoms. The lowest BCUT2D eigenvalue weighted by Gasteiger charge is -2.25. The second-order valence-electron chi connectivity index (χ2n) is 4.45. The van der Waals surface area contributed by atoms with Gasteiger partial charge < -0.3 is 15.0 Å². The van der Waals surface area contributed by atoms with Crippen molar-refractivity contribution >= 4 is 11.8 Å². The van der Waals surface area contributed by atoms with Gasteiger partial charge in [-0.1, -0.05) is 30.3 Å². The van der Waals surface area contributed by atoms with Crippen LogP contribution in [-0.4, -0.2) is 43.5 Å². The average molecular weight is 262 g/mol. The largest absolute Gasteiger partial charge is 0.367 e. The van der Waals surface area contributed by atoms with Gasteiger partial charge in [0.1, 0.15) is 0 Å². The van der Waals surface area contributed by atoms with Crippen LogP contribution in [0.15, 0.2) is 30.3 Å². The molecule has 1 aromatic rings. The molecular formula is C14H18N2O3. The van der Waals surface area contributed by atoms with Gasteiger partial charge in [-0.05, 0) is 5.56 Å². The number of amides is 2. The minimum atomic E-state index is -0.602. The van der Waals surface area contributed by atoms with E-state index in [0.29, 0.717) is 26.1 Å². The molecule has 0 aliphatic carbocycles. The second kappa shape index (κ2) is 6.33. The Balaban J connectivity index is 2.10. The van der Waals surface area contributed by atoms with Gasteiger partial charge >= 0.3 is 0 Å². The lowest BCUT2D eigenvalue weighted by Crippen LogP contribution is -2.38. The van der Waals surface area contributed by atoms with Gasteiger partial charge in [-0.25, -0.2) is 0 Å². The number of hydrogen-bond acceptors (Lipinski definition) is 3. The lowest BCUT2D eigenvalue weighted by molar-refractivity contribution is -0.142. The first-order valence-electron chi connectivity index (χ1n) is 6.35. The summed E-state index contributed by atoms with van der Waals surface area (Å²) in [5, 5.41) is 2.75. The molecule has 19 heavy (non-hydrogen) atoms. The zero-order chi connectivity index (χ0) is 13.7. The van der Waals surface area contributed by atoms with Crippen LogP contribution in [0.1, 0.15) is 18.1 Å². The molecule has 2 amide bonds. The average Bonchev–Trinajstić information content (AvgIpc) is 2.65. The van der Waals surface area contributed by atoms with Crippen LogP contribution >= 0.6 is 0 Å². The third-order valence-corrected chi connectivity index (χ3v) is 3.19. The summed E-state index contributed by atoms with van der Waals surface area (Å²) < 4.78 is 5.32. The van der Waals surface area contributed by atoms with E-state index in [9.17, 15) is 9.59 Å². The molecule has 1 N–H and O–H groups in total. The van der Waals surface area contributed by atoms with Crippen molar-refractivity contribution in [3.63, 3.8) is 0 Å². The van der Waals surface area contributed by atoms with Gasteiger partial charge in [0.05, 0.1) is 0 Å². The number of carbonyl (C=O) groups is 2. The lowest BCUT2D eigenvalue weighted by atomic mass is 10.1. The smallest absolute Gasteiger partial charge is 0.256 e. The second-order valence-corrected chi connectivity index (χ2v) is 4.45. The van der Waals surface area contributed by atoms with Gasteiger partial charge in [0.2, 0.25) is 5.91 Å². The Morgan fingerprint density at radius 3 is 2.74 bits per heavy atom. The fraction of sp³-hybridized carbons (Fsp3) is 0.429. The van der Waals surface area contributed by atoms with Crippen molar-refractivity contribution in [1.29, 1.82) is 0 Å². The summed E-state index contributed by atoms with van der Waals surface area (Å²) in [5.74, 6) is -0.103. The number of ether oxygens (including phenoxy) is 1. The molecule has 0 radical (unpaired) electrons. The van der Waals surface area contributed by atoms with E-state index in [-0.39, 0.29) is 11.8 Å². The highest BCUT2D eigenvalue weighted by Gasteiger charge is 2.27. The molecule has 102 valence electrons. The van der Waals surface area contributed by atoms with Crippen LogP contribution in [0.25, 0.3) is 0 Å². The minimum Gasteiger partial charge on any atom is -0.367 e. The topological polar surface area (TPSA) is 58.6 Å². The van der Waals surface area contributed by atoms with Crippen LogP contribution in [0.3, 0.4) is 0 Å². The van der Waals surface area contributed by atoms with Gasteiger partial charge in [-0.3, -0.25) is 9.59 Å². The van der Waals surface area contributed by atoms with E-state index >= 15 is 0 Å². The molecule has 0 aromatic heterocycles. The maximum absolute atomic E-state index is 12.5. The van der Waals surface area contributed by atoms with Gasteiger partial charge in [-0.15, -0.1) is 0 Å². The van der Waals surface area contributed by atoms with E-state index in [1.165, 1.54) is 7.11 Å². The number of benzene rings is 1.